The van der Waals surface area contributed by atoms with E-state index in [4.69, 9.17) is 23.2 Å². The Balaban J connectivity index is 2.74. The van der Waals surface area contributed by atoms with Crippen LogP contribution in [0.3, 0.4) is 0 Å². The second kappa shape index (κ2) is 9.81. The Morgan fingerprint density at radius 1 is 1.12 bits per heavy atom. The summed E-state index contributed by atoms with van der Waals surface area (Å²) in [6.45, 7) is 8.47. The van der Waals surface area contributed by atoms with Crippen molar-refractivity contribution in [3.05, 3.63) is 28.2 Å². The van der Waals surface area contributed by atoms with E-state index in [1.807, 2.05) is 0 Å². The zero-order valence-electron chi connectivity index (χ0n) is 15.9. The van der Waals surface area contributed by atoms with Crippen LogP contribution in [0.2, 0.25) is 10.0 Å². The second-order valence-electron chi connectivity index (χ2n) is 7.12. The highest BCUT2D eigenvalue weighted by atomic mass is 35.5. The van der Waals surface area contributed by atoms with Gasteiger partial charge in [-0.25, -0.2) is 8.42 Å². The van der Waals surface area contributed by atoms with E-state index in [1.54, 1.807) is 12.1 Å². The van der Waals surface area contributed by atoms with Gasteiger partial charge in [0.05, 0.1) is 22.0 Å². The quantitative estimate of drug-likeness (QED) is 0.643. The number of carbonyl (C=O) groups is 1. The molecule has 0 aliphatic heterocycles. The molecule has 0 heterocycles. The van der Waals surface area contributed by atoms with Crippen LogP contribution >= 0.6 is 23.2 Å². The fraction of sp³-hybridized carbons (Fsp3) is 0.611. The predicted molar refractivity (Wildman–Crippen MR) is 109 cm³/mol. The average molecular weight is 423 g/mol. The number of halogens is 2. The van der Waals surface area contributed by atoms with Crippen LogP contribution in [0.1, 0.15) is 40.5 Å². The lowest BCUT2D eigenvalue weighted by molar-refractivity contribution is -0.122. The third kappa shape index (κ3) is 6.97. The van der Waals surface area contributed by atoms with Crippen LogP contribution in [-0.2, 0) is 14.8 Å². The third-order valence-electron chi connectivity index (χ3n) is 4.12. The lowest BCUT2D eigenvalue weighted by Crippen LogP contribution is -2.42. The number of carbonyl (C=O) groups excluding carboxylic acids is 1. The van der Waals surface area contributed by atoms with Crippen molar-refractivity contribution in [2.45, 2.75) is 46.6 Å². The molecule has 0 aliphatic rings. The summed E-state index contributed by atoms with van der Waals surface area (Å²) in [5.74, 6) is 0.602. The average Bonchev–Trinajstić information content (AvgIpc) is 2.50. The maximum absolute atomic E-state index is 12.2. The molecule has 148 valence electrons. The molecule has 0 radical (unpaired) electrons. The van der Waals surface area contributed by atoms with Crippen molar-refractivity contribution >= 4 is 44.8 Å². The van der Waals surface area contributed by atoms with Gasteiger partial charge in [0.15, 0.2) is 0 Å². The number of hydrogen-bond acceptors (Lipinski definition) is 3. The molecule has 0 saturated heterocycles. The minimum Gasteiger partial charge on any atom is -0.353 e. The minimum atomic E-state index is -3.50. The molecule has 0 aromatic heterocycles. The standard InChI is InChI=1S/C18H28Cl2N2O3S/c1-12(2)18(13(3)4)21-17(23)7-6-10-22(26(5,24)25)14-8-9-15(19)16(20)11-14/h8-9,11-13,18H,6-7,10H2,1-5H3,(H,21,23). The van der Waals surface area contributed by atoms with E-state index in [0.29, 0.717) is 29.0 Å². The molecule has 1 rings (SSSR count). The molecule has 1 amide bonds. The van der Waals surface area contributed by atoms with Gasteiger partial charge in [-0.15, -0.1) is 0 Å². The number of benzene rings is 1. The molecular formula is C18H28Cl2N2O3S. The van der Waals surface area contributed by atoms with Crippen molar-refractivity contribution in [1.82, 2.24) is 5.32 Å². The van der Waals surface area contributed by atoms with Crippen molar-refractivity contribution in [1.29, 1.82) is 0 Å². The van der Waals surface area contributed by atoms with E-state index in [1.165, 1.54) is 10.4 Å². The fourth-order valence-electron chi connectivity index (χ4n) is 2.87. The first-order valence-electron chi connectivity index (χ1n) is 8.65. The SMILES string of the molecule is CC(C)C(NC(=O)CCCN(c1ccc(Cl)c(Cl)c1)S(C)(=O)=O)C(C)C. The van der Waals surface area contributed by atoms with Gasteiger partial charge in [-0.05, 0) is 36.5 Å². The Labute approximate surface area is 167 Å². The van der Waals surface area contributed by atoms with E-state index in [9.17, 15) is 13.2 Å². The molecule has 0 unspecified atom stereocenters. The Bertz CT molecular complexity index is 713. The molecule has 1 aromatic rings. The Kier molecular flexibility index (Phi) is 8.70. The maximum Gasteiger partial charge on any atom is 0.232 e. The molecule has 1 N–H and O–H groups in total. The summed E-state index contributed by atoms with van der Waals surface area (Å²) >= 11 is 11.9. The van der Waals surface area contributed by atoms with Crippen molar-refractivity contribution in [2.75, 3.05) is 17.1 Å². The molecule has 0 spiro atoms. The van der Waals surface area contributed by atoms with Gasteiger partial charge >= 0.3 is 0 Å². The number of hydrogen-bond donors (Lipinski definition) is 1. The normalized spacial score (nSPS) is 12.1. The third-order valence-corrected chi connectivity index (χ3v) is 6.05. The van der Waals surface area contributed by atoms with E-state index in [2.05, 4.69) is 33.0 Å². The molecule has 0 bridgehead atoms. The van der Waals surface area contributed by atoms with Gasteiger partial charge in [-0.2, -0.15) is 0 Å². The highest BCUT2D eigenvalue weighted by Crippen LogP contribution is 2.28. The number of sulfonamides is 1. The maximum atomic E-state index is 12.2. The van der Waals surface area contributed by atoms with Gasteiger partial charge < -0.3 is 5.32 Å². The van der Waals surface area contributed by atoms with Gasteiger partial charge in [0, 0.05) is 19.0 Å². The van der Waals surface area contributed by atoms with Crippen LogP contribution in [0.15, 0.2) is 18.2 Å². The highest BCUT2D eigenvalue weighted by molar-refractivity contribution is 7.92. The second-order valence-corrected chi connectivity index (χ2v) is 9.84. The molecule has 5 nitrogen and oxygen atoms in total. The van der Waals surface area contributed by atoms with Gasteiger partial charge in [-0.3, -0.25) is 9.10 Å². The number of amides is 1. The first-order valence-corrected chi connectivity index (χ1v) is 11.3. The summed E-state index contributed by atoms with van der Waals surface area (Å²) in [6.07, 6.45) is 1.79. The molecular weight excluding hydrogens is 395 g/mol. The van der Waals surface area contributed by atoms with Crippen molar-refractivity contribution in [3.63, 3.8) is 0 Å². The molecule has 0 saturated carbocycles. The van der Waals surface area contributed by atoms with Crippen LogP contribution in [0.25, 0.3) is 0 Å². The lowest BCUT2D eigenvalue weighted by atomic mass is 9.93. The molecule has 1 aromatic carbocycles. The van der Waals surface area contributed by atoms with Crippen molar-refractivity contribution < 1.29 is 13.2 Å². The number of nitrogens with zero attached hydrogens (tertiary/aromatic N) is 1. The summed E-state index contributed by atoms with van der Waals surface area (Å²) < 4.78 is 25.5. The molecule has 0 atom stereocenters. The first-order chi connectivity index (χ1) is 11.9. The predicted octanol–water partition coefficient (Wildman–Crippen LogP) is 4.34. The van der Waals surface area contributed by atoms with Crippen LogP contribution in [0.5, 0.6) is 0 Å². The van der Waals surface area contributed by atoms with E-state index >= 15 is 0 Å². The van der Waals surface area contributed by atoms with Crippen LogP contribution in [0.4, 0.5) is 5.69 Å². The topological polar surface area (TPSA) is 66.5 Å². The monoisotopic (exact) mass is 422 g/mol. The van der Waals surface area contributed by atoms with Gasteiger partial charge in [0.1, 0.15) is 0 Å². The van der Waals surface area contributed by atoms with Crippen LogP contribution in [-0.4, -0.2) is 33.2 Å². The van der Waals surface area contributed by atoms with Gasteiger partial charge in [0.2, 0.25) is 15.9 Å². The smallest absolute Gasteiger partial charge is 0.232 e. The van der Waals surface area contributed by atoms with Crippen molar-refractivity contribution in [3.8, 4) is 0 Å². The summed E-state index contributed by atoms with van der Waals surface area (Å²) in [5.41, 5.74) is 0.435. The van der Waals surface area contributed by atoms with Crippen LogP contribution in [0, 0.1) is 11.8 Å². The first kappa shape index (κ1) is 23.1. The number of anilines is 1. The van der Waals surface area contributed by atoms with E-state index in [0.717, 1.165) is 6.26 Å². The van der Waals surface area contributed by atoms with Crippen LogP contribution < -0.4 is 9.62 Å². The highest BCUT2D eigenvalue weighted by Gasteiger charge is 2.21. The van der Waals surface area contributed by atoms with E-state index < -0.39 is 10.0 Å². The van der Waals surface area contributed by atoms with E-state index in [-0.39, 0.29) is 29.9 Å². The number of nitrogens with one attached hydrogen (secondary N) is 1. The largest absolute Gasteiger partial charge is 0.353 e. The van der Waals surface area contributed by atoms with Gasteiger partial charge in [0.25, 0.3) is 0 Å². The number of rotatable bonds is 9. The summed E-state index contributed by atoms with van der Waals surface area (Å²) in [5, 5.41) is 3.68. The summed E-state index contributed by atoms with van der Waals surface area (Å²) in [6, 6.07) is 4.77. The Morgan fingerprint density at radius 2 is 1.69 bits per heavy atom. The summed E-state index contributed by atoms with van der Waals surface area (Å²) in [4.78, 5) is 12.2. The molecule has 8 heteroatoms. The zero-order chi connectivity index (χ0) is 20.1. The molecule has 0 aliphatic carbocycles. The minimum absolute atomic E-state index is 0.0695. The fourth-order valence-corrected chi connectivity index (χ4v) is 4.12. The zero-order valence-corrected chi connectivity index (χ0v) is 18.2. The Morgan fingerprint density at radius 3 is 2.15 bits per heavy atom. The molecule has 0 fully saturated rings. The lowest BCUT2D eigenvalue weighted by Gasteiger charge is -2.26. The Hall–Kier alpha value is -0.980. The molecule has 26 heavy (non-hydrogen) atoms. The van der Waals surface area contributed by atoms with Crippen molar-refractivity contribution in [2.24, 2.45) is 11.8 Å². The van der Waals surface area contributed by atoms with Gasteiger partial charge in [-0.1, -0.05) is 50.9 Å². The summed E-state index contributed by atoms with van der Waals surface area (Å²) in [7, 11) is -3.50.